The summed E-state index contributed by atoms with van der Waals surface area (Å²) < 4.78 is 0. The zero-order valence-corrected chi connectivity index (χ0v) is 12.3. The number of aryl methyl sites for hydroxylation is 1. The van der Waals surface area contributed by atoms with Gasteiger partial charge in [-0.05, 0) is 54.6 Å². The molecule has 0 aliphatic heterocycles. The number of rotatable bonds is 4. The Morgan fingerprint density at radius 3 is 2.28 bits per heavy atom. The lowest BCUT2D eigenvalue weighted by Gasteiger charge is -2.05. The van der Waals surface area contributed by atoms with Crippen LogP contribution in [0.15, 0.2) is 52.3 Å². The normalized spacial score (nSPS) is 10.6. The van der Waals surface area contributed by atoms with Crippen molar-refractivity contribution in [3.8, 4) is 0 Å². The lowest BCUT2D eigenvalue weighted by atomic mass is 10.2. The molecule has 2 aromatic carbocycles. The molecule has 0 aliphatic rings. The van der Waals surface area contributed by atoms with Gasteiger partial charge in [-0.25, -0.2) is 0 Å². The quantitative estimate of drug-likeness (QED) is 0.653. The van der Waals surface area contributed by atoms with Crippen LogP contribution in [-0.4, -0.2) is 6.26 Å². The van der Waals surface area contributed by atoms with Gasteiger partial charge in [0.15, 0.2) is 0 Å². The smallest absolute Gasteiger partial charge is 0.0344 e. The molecular weight excluding hydrogens is 258 g/mol. The Morgan fingerprint density at radius 2 is 1.67 bits per heavy atom. The average Bonchev–Trinajstić information content (AvgIpc) is 2.41. The highest BCUT2D eigenvalue weighted by Crippen LogP contribution is 2.26. The fraction of sp³-hybridized carbons (Fsp3) is 0.200. The molecule has 2 aromatic rings. The van der Waals surface area contributed by atoms with E-state index in [1.807, 2.05) is 24.8 Å². The maximum Gasteiger partial charge on any atom is 0.0344 e. The van der Waals surface area contributed by atoms with E-state index in [2.05, 4.69) is 42.7 Å². The van der Waals surface area contributed by atoms with Crippen LogP contribution in [0.4, 0.5) is 5.69 Å². The Hall–Kier alpha value is -1.06. The minimum absolute atomic E-state index is 0.865. The van der Waals surface area contributed by atoms with Crippen molar-refractivity contribution in [3.05, 3.63) is 53.6 Å². The second kappa shape index (κ2) is 6.21. The third-order valence-electron chi connectivity index (χ3n) is 2.81. The predicted molar refractivity (Wildman–Crippen MR) is 83.4 cm³/mol. The van der Waals surface area contributed by atoms with Crippen molar-refractivity contribution in [2.75, 3.05) is 12.0 Å². The Balaban J connectivity index is 1.99. The standard InChI is InChI=1S/C15H17NS2/c1-11-9-14(7-8-15(11)16)18-10-12-3-5-13(17-2)6-4-12/h3-9H,10,16H2,1-2H3. The lowest BCUT2D eigenvalue weighted by Crippen LogP contribution is -1.89. The number of nitrogen functional groups attached to an aromatic ring is 1. The summed E-state index contributed by atoms with van der Waals surface area (Å²) in [6.07, 6.45) is 2.10. The second-order valence-corrected chi connectivity index (χ2v) is 6.08. The molecule has 0 saturated carbocycles. The molecule has 0 aromatic heterocycles. The summed E-state index contributed by atoms with van der Waals surface area (Å²) in [4.78, 5) is 2.59. The van der Waals surface area contributed by atoms with Gasteiger partial charge >= 0.3 is 0 Å². The van der Waals surface area contributed by atoms with Crippen molar-refractivity contribution in [1.82, 2.24) is 0 Å². The van der Waals surface area contributed by atoms with E-state index in [1.54, 1.807) is 11.8 Å². The van der Waals surface area contributed by atoms with Crippen molar-refractivity contribution >= 4 is 29.2 Å². The molecule has 0 radical (unpaired) electrons. The van der Waals surface area contributed by atoms with Gasteiger partial charge in [0.2, 0.25) is 0 Å². The highest BCUT2D eigenvalue weighted by molar-refractivity contribution is 7.98. The zero-order chi connectivity index (χ0) is 13.0. The van der Waals surface area contributed by atoms with E-state index >= 15 is 0 Å². The molecular formula is C15H17NS2. The van der Waals surface area contributed by atoms with Crippen molar-refractivity contribution in [3.63, 3.8) is 0 Å². The largest absolute Gasteiger partial charge is 0.399 e. The summed E-state index contributed by atoms with van der Waals surface area (Å²) in [5, 5.41) is 0. The van der Waals surface area contributed by atoms with Gasteiger partial charge in [0, 0.05) is 21.2 Å². The van der Waals surface area contributed by atoms with E-state index in [-0.39, 0.29) is 0 Å². The van der Waals surface area contributed by atoms with Gasteiger partial charge in [-0.3, -0.25) is 0 Å². The van der Waals surface area contributed by atoms with Crippen LogP contribution in [0.5, 0.6) is 0 Å². The van der Waals surface area contributed by atoms with Crippen LogP contribution in [-0.2, 0) is 5.75 Å². The number of thioether (sulfide) groups is 2. The van der Waals surface area contributed by atoms with Crippen molar-refractivity contribution in [2.45, 2.75) is 22.5 Å². The molecule has 0 fully saturated rings. The molecule has 94 valence electrons. The Morgan fingerprint density at radius 1 is 1.00 bits per heavy atom. The third kappa shape index (κ3) is 3.47. The summed E-state index contributed by atoms with van der Waals surface area (Å²) in [7, 11) is 0. The molecule has 2 N–H and O–H groups in total. The molecule has 0 bridgehead atoms. The summed E-state index contributed by atoms with van der Waals surface area (Å²) >= 11 is 3.62. The van der Waals surface area contributed by atoms with E-state index in [9.17, 15) is 0 Å². The van der Waals surface area contributed by atoms with Crippen molar-refractivity contribution in [1.29, 1.82) is 0 Å². The van der Waals surface area contributed by atoms with Gasteiger partial charge in [-0.15, -0.1) is 23.5 Å². The average molecular weight is 275 g/mol. The predicted octanol–water partition coefficient (Wildman–Crippen LogP) is 4.59. The number of nitrogens with two attached hydrogens (primary N) is 1. The van der Waals surface area contributed by atoms with Gasteiger partial charge in [0.1, 0.15) is 0 Å². The summed E-state index contributed by atoms with van der Waals surface area (Å²) in [6, 6.07) is 15.0. The van der Waals surface area contributed by atoms with E-state index in [0.717, 1.165) is 17.0 Å². The number of anilines is 1. The maximum absolute atomic E-state index is 5.82. The minimum atomic E-state index is 0.865. The van der Waals surface area contributed by atoms with E-state index in [4.69, 9.17) is 5.73 Å². The van der Waals surface area contributed by atoms with Crippen molar-refractivity contribution < 1.29 is 0 Å². The summed E-state index contributed by atoms with van der Waals surface area (Å²) in [5.41, 5.74) is 9.19. The van der Waals surface area contributed by atoms with E-state index in [0.29, 0.717) is 0 Å². The first-order valence-corrected chi connectivity index (χ1v) is 8.02. The monoisotopic (exact) mass is 275 g/mol. The molecule has 0 spiro atoms. The van der Waals surface area contributed by atoms with Crippen LogP contribution >= 0.6 is 23.5 Å². The Kier molecular flexibility index (Phi) is 4.61. The Labute approximate surface area is 117 Å². The summed E-state index contributed by atoms with van der Waals surface area (Å²) in [5.74, 6) is 0.998. The molecule has 0 heterocycles. The second-order valence-electron chi connectivity index (χ2n) is 4.16. The third-order valence-corrected chi connectivity index (χ3v) is 4.61. The van der Waals surface area contributed by atoms with E-state index in [1.165, 1.54) is 15.4 Å². The van der Waals surface area contributed by atoms with Crippen LogP contribution < -0.4 is 5.73 Å². The van der Waals surface area contributed by atoms with Crippen LogP contribution in [0.1, 0.15) is 11.1 Å². The molecule has 3 heteroatoms. The molecule has 0 amide bonds. The van der Waals surface area contributed by atoms with Crippen LogP contribution in [0.2, 0.25) is 0 Å². The highest BCUT2D eigenvalue weighted by Gasteiger charge is 1.99. The fourth-order valence-electron chi connectivity index (χ4n) is 1.63. The zero-order valence-electron chi connectivity index (χ0n) is 10.6. The topological polar surface area (TPSA) is 26.0 Å². The van der Waals surface area contributed by atoms with Gasteiger partial charge < -0.3 is 5.73 Å². The first-order chi connectivity index (χ1) is 8.69. The van der Waals surface area contributed by atoms with Gasteiger partial charge in [-0.2, -0.15) is 0 Å². The first kappa shape index (κ1) is 13.4. The number of benzene rings is 2. The van der Waals surface area contributed by atoms with Crippen LogP contribution in [0.3, 0.4) is 0 Å². The summed E-state index contributed by atoms with van der Waals surface area (Å²) in [6.45, 7) is 2.05. The Bertz CT molecular complexity index is 521. The van der Waals surface area contributed by atoms with Crippen LogP contribution in [0.25, 0.3) is 0 Å². The molecule has 1 nitrogen and oxygen atoms in total. The first-order valence-electron chi connectivity index (χ1n) is 5.81. The molecule has 18 heavy (non-hydrogen) atoms. The van der Waals surface area contributed by atoms with Crippen LogP contribution in [0, 0.1) is 6.92 Å². The fourth-order valence-corrected chi connectivity index (χ4v) is 2.98. The highest BCUT2D eigenvalue weighted by atomic mass is 32.2. The van der Waals surface area contributed by atoms with Crippen molar-refractivity contribution in [2.24, 2.45) is 0 Å². The molecule has 2 rings (SSSR count). The minimum Gasteiger partial charge on any atom is -0.399 e. The van der Waals surface area contributed by atoms with Gasteiger partial charge in [0.25, 0.3) is 0 Å². The SMILES string of the molecule is CSc1ccc(CSc2ccc(N)c(C)c2)cc1. The molecule has 0 unspecified atom stereocenters. The maximum atomic E-state index is 5.82. The molecule has 0 aliphatic carbocycles. The number of hydrogen-bond donors (Lipinski definition) is 1. The lowest BCUT2D eigenvalue weighted by molar-refractivity contribution is 1.32. The van der Waals surface area contributed by atoms with Gasteiger partial charge in [0.05, 0.1) is 0 Å². The van der Waals surface area contributed by atoms with Gasteiger partial charge in [-0.1, -0.05) is 12.1 Å². The number of hydrogen-bond acceptors (Lipinski definition) is 3. The van der Waals surface area contributed by atoms with E-state index < -0.39 is 0 Å². The molecule has 0 saturated heterocycles. The molecule has 0 atom stereocenters.